The highest BCUT2D eigenvalue weighted by Crippen LogP contribution is 2.16. The topological polar surface area (TPSA) is 42.7 Å². The average molecular weight is 295 g/mol. The van der Waals surface area contributed by atoms with Crippen LogP contribution in [0.5, 0.6) is 0 Å². The van der Waals surface area contributed by atoms with E-state index in [1.54, 1.807) is 6.20 Å². The van der Waals surface area contributed by atoms with Crippen molar-refractivity contribution < 1.29 is 0 Å². The Kier molecular flexibility index (Phi) is 4.14. The molecule has 0 aliphatic rings. The summed E-state index contributed by atoms with van der Waals surface area (Å²) in [4.78, 5) is 4.33. The molecule has 0 bridgehead atoms. The van der Waals surface area contributed by atoms with Crippen molar-refractivity contribution in [2.75, 3.05) is 11.9 Å². The summed E-state index contributed by atoms with van der Waals surface area (Å²) in [5, 5.41) is 7.49. The minimum absolute atomic E-state index is 0.898. The summed E-state index contributed by atoms with van der Waals surface area (Å²) in [7, 11) is 0. The Balaban J connectivity index is 1.78. The van der Waals surface area contributed by atoms with Gasteiger partial charge in [-0.3, -0.25) is 4.68 Å². The molecule has 0 fully saturated rings. The van der Waals surface area contributed by atoms with Crippen LogP contribution in [0.25, 0.3) is 0 Å². The summed E-state index contributed by atoms with van der Waals surface area (Å²) in [6.45, 7) is 3.87. The second-order valence-corrected chi connectivity index (χ2v) is 4.78. The lowest BCUT2D eigenvalue weighted by atomic mass is 10.3. The van der Waals surface area contributed by atoms with E-state index in [1.165, 1.54) is 0 Å². The molecule has 17 heavy (non-hydrogen) atoms. The van der Waals surface area contributed by atoms with Gasteiger partial charge in [0.05, 0.1) is 0 Å². The van der Waals surface area contributed by atoms with Crippen LogP contribution < -0.4 is 5.32 Å². The zero-order valence-electron chi connectivity index (χ0n) is 9.73. The van der Waals surface area contributed by atoms with Gasteiger partial charge in [0.1, 0.15) is 5.82 Å². The van der Waals surface area contributed by atoms with E-state index in [0.717, 1.165) is 35.4 Å². The van der Waals surface area contributed by atoms with Gasteiger partial charge in [0.15, 0.2) is 0 Å². The lowest BCUT2D eigenvalue weighted by Crippen LogP contribution is -2.08. The molecule has 2 aromatic rings. The van der Waals surface area contributed by atoms with Gasteiger partial charge >= 0.3 is 0 Å². The fourth-order valence-electron chi connectivity index (χ4n) is 1.61. The molecule has 4 nitrogen and oxygen atoms in total. The lowest BCUT2D eigenvalue weighted by molar-refractivity contribution is 0.591. The second kappa shape index (κ2) is 5.82. The molecule has 2 rings (SSSR count). The highest BCUT2D eigenvalue weighted by Gasteiger charge is 1.99. The third kappa shape index (κ3) is 3.56. The number of anilines is 1. The fourth-order valence-corrected chi connectivity index (χ4v) is 2.05. The number of aromatic nitrogens is 3. The maximum atomic E-state index is 4.33. The molecule has 0 aliphatic heterocycles. The number of nitrogens with one attached hydrogen (secondary N) is 1. The molecule has 0 aliphatic carbocycles. The van der Waals surface area contributed by atoms with Gasteiger partial charge < -0.3 is 5.32 Å². The van der Waals surface area contributed by atoms with E-state index in [0.29, 0.717) is 0 Å². The highest BCUT2D eigenvalue weighted by molar-refractivity contribution is 9.10. The minimum Gasteiger partial charge on any atom is -0.370 e. The third-order valence-corrected chi connectivity index (χ3v) is 2.89. The molecular formula is C12H15BrN4. The largest absolute Gasteiger partial charge is 0.370 e. The zero-order chi connectivity index (χ0) is 12.1. The third-order valence-electron chi connectivity index (χ3n) is 2.46. The molecule has 0 unspecified atom stereocenters. The molecule has 0 radical (unpaired) electrons. The van der Waals surface area contributed by atoms with E-state index in [2.05, 4.69) is 37.4 Å². The van der Waals surface area contributed by atoms with Gasteiger partial charge in [0.2, 0.25) is 0 Å². The van der Waals surface area contributed by atoms with Crippen molar-refractivity contribution in [2.24, 2.45) is 0 Å². The SMILES string of the molecule is Cc1cc(Br)cnc1NCCCn1cccn1. The predicted octanol–water partition coefficient (Wildman–Crippen LogP) is 2.85. The van der Waals surface area contributed by atoms with Gasteiger partial charge in [-0.2, -0.15) is 5.10 Å². The van der Waals surface area contributed by atoms with E-state index in [1.807, 2.05) is 30.1 Å². The number of hydrogen-bond donors (Lipinski definition) is 1. The monoisotopic (exact) mass is 294 g/mol. The molecule has 2 aromatic heterocycles. The number of nitrogens with zero attached hydrogens (tertiary/aromatic N) is 3. The van der Waals surface area contributed by atoms with Gasteiger partial charge in [0.25, 0.3) is 0 Å². The number of halogens is 1. The molecule has 0 amide bonds. The summed E-state index contributed by atoms with van der Waals surface area (Å²) in [5.74, 6) is 0.952. The van der Waals surface area contributed by atoms with Crippen LogP contribution in [0.3, 0.4) is 0 Å². The van der Waals surface area contributed by atoms with Crippen LogP contribution in [0, 0.1) is 6.92 Å². The first-order chi connectivity index (χ1) is 8.25. The van der Waals surface area contributed by atoms with Gasteiger partial charge in [-0.25, -0.2) is 4.98 Å². The van der Waals surface area contributed by atoms with Crippen molar-refractivity contribution in [3.8, 4) is 0 Å². The summed E-state index contributed by atoms with van der Waals surface area (Å²) < 4.78 is 2.95. The first-order valence-corrected chi connectivity index (χ1v) is 6.38. The standard InChI is InChI=1S/C12H15BrN4/c1-10-8-11(13)9-15-12(10)14-4-2-6-17-7-3-5-16-17/h3,5,7-9H,2,4,6H2,1H3,(H,14,15). The molecule has 90 valence electrons. The maximum Gasteiger partial charge on any atom is 0.128 e. The van der Waals surface area contributed by atoms with Crippen molar-refractivity contribution in [1.29, 1.82) is 0 Å². The van der Waals surface area contributed by atoms with Crippen LogP contribution in [0.15, 0.2) is 35.2 Å². The molecule has 0 saturated heterocycles. The van der Waals surface area contributed by atoms with Crippen LogP contribution in [-0.4, -0.2) is 21.3 Å². The summed E-state index contributed by atoms with van der Waals surface area (Å²) >= 11 is 3.40. The Morgan fingerprint density at radius 2 is 2.35 bits per heavy atom. The van der Waals surface area contributed by atoms with E-state index >= 15 is 0 Å². The van der Waals surface area contributed by atoms with Crippen LogP contribution in [0.2, 0.25) is 0 Å². The molecular weight excluding hydrogens is 280 g/mol. The Morgan fingerprint density at radius 1 is 1.47 bits per heavy atom. The van der Waals surface area contributed by atoms with Crippen molar-refractivity contribution in [1.82, 2.24) is 14.8 Å². The summed E-state index contributed by atoms with van der Waals surface area (Å²) in [6.07, 6.45) is 6.61. The highest BCUT2D eigenvalue weighted by atomic mass is 79.9. The Bertz CT molecular complexity index is 467. The number of hydrogen-bond acceptors (Lipinski definition) is 3. The van der Waals surface area contributed by atoms with Gasteiger partial charge in [-0.1, -0.05) is 0 Å². The van der Waals surface area contributed by atoms with Crippen LogP contribution >= 0.6 is 15.9 Å². The van der Waals surface area contributed by atoms with E-state index < -0.39 is 0 Å². The molecule has 0 saturated carbocycles. The van der Waals surface area contributed by atoms with Crippen molar-refractivity contribution >= 4 is 21.7 Å². The quantitative estimate of drug-likeness (QED) is 0.863. The van der Waals surface area contributed by atoms with Crippen molar-refractivity contribution in [3.63, 3.8) is 0 Å². The van der Waals surface area contributed by atoms with Gasteiger partial charge in [-0.05, 0) is 47.0 Å². The van der Waals surface area contributed by atoms with Crippen LogP contribution in [0.1, 0.15) is 12.0 Å². The van der Waals surface area contributed by atoms with Crippen LogP contribution in [0.4, 0.5) is 5.82 Å². The Hall–Kier alpha value is -1.36. The molecule has 1 N–H and O–H groups in total. The summed E-state index contributed by atoms with van der Waals surface area (Å²) in [5.41, 5.74) is 1.15. The first-order valence-electron chi connectivity index (χ1n) is 5.59. The normalized spacial score (nSPS) is 10.5. The van der Waals surface area contributed by atoms with Gasteiger partial charge in [0, 0.05) is 36.2 Å². The first kappa shape index (κ1) is 12.1. The van der Waals surface area contributed by atoms with E-state index in [-0.39, 0.29) is 0 Å². The number of rotatable bonds is 5. The van der Waals surface area contributed by atoms with Crippen molar-refractivity contribution in [2.45, 2.75) is 19.9 Å². The van der Waals surface area contributed by atoms with Crippen LogP contribution in [-0.2, 0) is 6.54 Å². The summed E-state index contributed by atoms with van der Waals surface area (Å²) in [6, 6.07) is 4.00. The molecule has 0 spiro atoms. The number of pyridine rings is 1. The van der Waals surface area contributed by atoms with Gasteiger partial charge in [-0.15, -0.1) is 0 Å². The minimum atomic E-state index is 0.898. The second-order valence-electron chi connectivity index (χ2n) is 3.87. The molecule has 2 heterocycles. The maximum absolute atomic E-state index is 4.33. The average Bonchev–Trinajstić information content (AvgIpc) is 2.79. The zero-order valence-corrected chi connectivity index (χ0v) is 11.3. The Labute approximate surface area is 109 Å². The fraction of sp³-hybridized carbons (Fsp3) is 0.333. The smallest absolute Gasteiger partial charge is 0.128 e. The predicted molar refractivity (Wildman–Crippen MR) is 72.0 cm³/mol. The molecule has 0 aromatic carbocycles. The van der Waals surface area contributed by atoms with E-state index in [9.17, 15) is 0 Å². The number of aryl methyl sites for hydroxylation is 2. The van der Waals surface area contributed by atoms with Crippen molar-refractivity contribution in [3.05, 3.63) is 40.8 Å². The Morgan fingerprint density at radius 3 is 3.06 bits per heavy atom. The lowest BCUT2D eigenvalue weighted by Gasteiger charge is -2.08. The van der Waals surface area contributed by atoms with E-state index in [4.69, 9.17) is 0 Å². The molecule has 5 heteroatoms. The molecule has 0 atom stereocenters.